The molecule has 1 atom stereocenters. The lowest BCUT2D eigenvalue weighted by Gasteiger charge is -2.29. The van der Waals surface area contributed by atoms with Crippen LogP contribution in [0, 0.1) is 5.82 Å². The largest absolute Gasteiger partial charge is 0.508 e. The van der Waals surface area contributed by atoms with Crippen LogP contribution in [0.15, 0.2) is 48.5 Å². The molecule has 0 saturated heterocycles. The van der Waals surface area contributed by atoms with Crippen molar-refractivity contribution in [3.63, 3.8) is 0 Å². The summed E-state index contributed by atoms with van der Waals surface area (Å²) >= 11 is 3.39. The lowest BCUT2D eigenvalue weighted by molar-refractivity contribution is 0.0910. The topological polar surface area (TPSA) is 49.3 Å². The standard InChI is InChI=1S/C16H15BrFNO2/c1-16(10-17,11-5-3-2-4-6-11)19-15(21)13-8-7-12(20)9-14(13)18/h2-9,20H,10H2,1H3,(H,19,21). The second-order valence-electron chi connectivity index (χ2n) is 4.95. The fourth-order valence-electron chi connectivity index (χ4n) is 1.99. The molecule has 3 nitrogen and oxygen atoms in total. The summed E-state index contributed by atoms with van der Waals surface area (Å²) < 4.78 is 13.7. The Labute approximate surface area is 130 Å². The molecule has 0 aromatic heterocycles. The second kappa shape index (κ2) is 6.26. The van der Waals surface area contributed by atoms with Crippen LogP contribution in [0.2, 0.25) is 0 Å². The van der Waals surface area contributed by atoms with Crippen molar-refractivity contribution in [2.24, 2.45) is 0 Å². The first kappa shape index (κ1) is 15.5. The molecular formula is C16H15BrFNO2. The first-order valence-electron chi connectivity index (χ1n) is 6.39. The Morgan fingerprint density at radius 1 is 1.29 bits per heavy atom. The Morgan fingerprint density at radius 3 is 2.52 bits per heavy atom. The van der Waals surface area contributed by atoms with Crippen molar-refractivity contribution in [2.45, 2.75) is 12.5 Å². The van der Waals surface area contributed by atoms with Gasteiger partial charge in [0.1, 0.15) is 11.6 Å². The van der Waals surface area contributed by atoms with Crippen LogP contribution in [0.5, 0.6) is 5.75 Å². The summed E-state index contributed by atoms with van der Waals surface area (Å²) in [5.41, 5.74) is 0.146. The van der Waals surface area contributed by atoms with Gasteiger partial charge in [-0.25, -0.2) is 4.39 Å². The maximum atomic E-state index is 13.7. The highest BCUT2D eigenvalue weighted by Crippen LogP contribution is 2.24. The zero-order chi connectivity index (χ0) is 15.5. The van der Waals surface area contributed by atoms with Gasteiger partial charge in [0.15, 0.2) is 0 Å². The number of phenolic OH excluding ortho intramolecular Hbond substituents is 1. The Balaban J connectivity index is 2.28. The molecule has 0 aliphatic heterocycles. The normalized spacial score (nSPS) is 13.5. The van der Waals surface area contributed by atoms with Gasteiger partial charge in [-0.2, -0.15) is 0 Å². The Bertz CT molecular complexity index is 648. The highest BCUT2D eigenvalue weighted by atomic mass is 79.9. The van der Waals surface area contributed by atoms with Gasteiger partial charge >= 0.3 is 0 Å². The quantitative estimate of drug-likeness (QED) is 0.827. The van der Waals surface area contributed by atoms with Gasteiger partial charge < -0.3 is 10.4 Å². The van der Waals surface area contributed by atoms with Crippen LogP contribution < -0.4 is 5.32 Å². The van der Waals surface area contributed by atoms with Gasteiger partial charge in [0, 0.05) is 11.4 Å². The maximum absolute atomic E-state index is 13.7. The summed E-state index contributed by atoms with van der Waals surface area (Å²) in [5.74, 6) is -1.49. The second-order valence-corrected chi connectivity index (χ2v) is 5.51. The average molecular weight is 352 g/mol. The number of amides is 1. The van der Waals surface area contributed by atoms with Crippen LogP contribution in [0.25, 0.3) is 0 Å². The third-order valence-corrected chi connectivity index (χ3v) is 4.39. The minimum Gasteiger partial charge on any atom is -0.508 e. The summed E-state index contributed by atoms with van der Waals surface area (Å²) in [6.07, 6.45) is 0. The number of rotatable bonds is 4. The lowest BCUT2D eigenvalue weighted by Crippen LogP contribution is -2.45. The van der Waals surface area contributed by atoms with E-state index < -0.39 is 17.3 Å². The van der Waals surface area contributed by atoms with Crippen molar-refractivity contribution in [2.75, 3.05) is 5.33 Å². The summed E-state index contributed by atoms with van der Waals surface area (Å²) in [7, 11) is 0. The molecule has 0 bridgehead atoms. The highest BCUT2D eigenvalue weighted by molar-refractivity contribution is 9.09. The van der Waals surface area contributed by atoms with E-state index in [9.17, 15) is 14.3 Å². The van der Waals surface area contributed by atoms with Crippen molar-refractivity contribution in [3.8, 4) is 5.75 Å². The first-order chi connectivity index (χ1) is 9.96. The first-order valence-corrected chi connectivity index (χ1v) is 7.51. The van der Waals surface area contributed by atoms with Crippen LogP contribution in [0.3, 0.4) is 0 Å². The number of aromatic hydroxyl groups is 1. The van der Waals surface area contributed by atoms with Crippen LogP contribution in [0.1, 0.15) is 22.8 Å². The minimum absolute atomic E-state index is 0.101. The van der Waals surface area contributed by atoms with E-state index in [0.717, 1.165) is 11.6 Å². The van der Waals surface area contributed by atoms with Crippen molar-refractivity contribution in [1.29, 1.82) is 0 Å². The fourth-order valence-corrected chi connectivity index (χ4v) is 2.46. The molecule has 0 aliphatic rings. The SMILES string of the molecule is CC(CBr)(NC(=O)c1ccc(O)cc1F)c1ccccc1. The minimum atomic E-state index is -0.752. The van der Waals surface area contributed by atoms with E-state index in [2.05, 4.69) is 21.2 Å². The van der Waals surface area contributed by atoms with Crippen molar-refractivity contribution in [1.82, 2.24) is 5.32 Å². The number of halogens is 2. The zero-order valence-electron chi connectivity index (χ0n) is 11.4. The number of phenols is 1. The average Bonchev–Trinajstić information content (AvgIpc) is 2.47. The summed E-state index contributed by atoms with van der Waals surface area (Å²) in [4.78, 5) is 12.3. The van der Waals surface area contributed by atoms with Crippen LogP contribution in [0.4, 0.5) is 4.39 Å². The Hall–Kier alpha value is -1.88. The number of nitrogens with one attached hydrogen (secondary N) is 1. The fraction of sp³-hybridized carbons (Fsp3) is 0.188. The van der Waals surface area contributed by atoms with E-state index in [0.29, 0.717) is 5.33 Å². The number of benzene rings is 2. The van der Waals surface area contributed by atoms with Crippen molar-refractivity contribution >= 4 is 21.8 Å². The molecule has 2 N–H and O–H groups in total. The van der Waals surface area contributed by atoms with Crippen LogP contribution in [-0.4, -0.2) is 16.3 Å². The smallest absolute Gasteiger partial charge is 0.254 e. The molecule has 2 rings (SSSR count). The Kier molecular flexibility index (Phi) is 4.63. The summed E-state index contributed by atoms with van der Waals surface area (Å²) in [6.45, 7) is 1.85. The molecule has 1 amide bonds. The molecule has 0 saturated carbocycles. The van der Waals surface area contributed by atoms with Crippen LogP contribution >= 0.6 is 15.9 Å². The number of hydrogen-bond donors (Lipinski definition) is 2. The van der Waals surface area contributed by atoms with Gasteiger partial charge in [0.2, 0.25) is 0 Å². The molecule has 1 unspecified atom stereocenters. The molecule has 21 heavy (non-hydrogen) atoms. The van der Waals surface area contributed by atoms with E-state index in [1.807, 2.05) is 37.3 Å². The summed E-state index contributed by atoms with van der Waals surface area (Å²) in [6, 6.07) is 12.9. The maximum Gasteiger partial charge on any atom is 0.254 e. The number of carbonyl (C=O) groups is 1. The zero-order valence-corrected chi connectivity index (χ0v) is 13.0. The molecule has 2 aromatic rings. The van der Waals surface area contributed by atoms with E-state index in [1.54, 1.807) is 0 Å². The monoisotopic (exact) mass is 351 g/mol. The van der Waals surface area contributed by atoms with Crippen LogP contribution in [-0.2, 0) is 5.54 Å². The molecule has 110 valence electrons. The lowest BCUT2D eigenvalue weighted by atomic mass is 9.94. The summed E-state index contributed by atoms with van der Waals surface area (Å²) in [5, 5.41) is 12.5. The number of carbonyl (C=O) groups excluding carboxylic acids is 1. The van der Waals surface area contributed by atoms with E-state index in [1.165, 1.54) is 12.1 Å². The third-order valence-electron chi connectivity index (χ3n) is 3.26. The molecule has 0 heterocycles. The van der Waals surface area contributed by atoms with Gasteiger partial charge in [-0.1, -0.05) is 46.3 Å². The number of hydrogen-bond acceptors (Lipinski definition) is 2. The molecule has 0 radical (unpaired) electrons. The van der Waals surface area contributed by atoms with Crippen molar-refractivity contribution in [3.05, 3.63) is 65.5 Å². The van der Waals surface area contributed by atoms with E-state index in [4.69, 9.17) is 0 Å². The molecule has 0 spiro atoms. The molecular weight excluding hydrogens is 337 g/mol. The predicted molar refractivity (Wildman–Crippen MR) is 83.1 cm³/mol. The van der Waals surface area contributed by atoms with Gasteiger partial charge in [-0.05, 0) is 24.6 Å². The van der Waals surface area contributed by atoms with Gasteiger partial charge in [-0.15, -0.1) is 0 Å². The van der Waals surface area contributed by atoms with Gasteiger partial charge in [0.25, 0.3) is 5.91 Å². The highest BCUT2D eigenvalue weighted by Gasteiger charge is 2.28. The molecule has 5 heteroatoms. The van der Waals surface area contributed by atoms with Gasteiger partial charge in [-0.3, -0.25) is 4.79 Å². The Morgan fingerprint density at radius 2 is 1.95 bits per heavy atom. The number of alkyl halides is 1. The van der Waals surface area contributed by atoms with Gasteiger partial charge in [0.05, 0.1) is 11.1 Å². The predicted octanol–water partition coefficient (Wildman–Crippen LogP) is 3.57. The third kappa shape index (κ3) is 3.42. The molecule has 2 aromatic carbocycles. The molecule has 0 fully saturated rings. The molecule has 0 aliphatic carbocycles. The van der Waals surface area contributed by atoms with E-state index in [-0.39, 0.29) is 11.3 Å². The van der Waals surface area contributed by atoms with Crippen molar-refractivity contribution < 1.29 is 14.3 Å². The van der Waals surface area contributed by atoms with E-state index >= 15 is 0 Å².